The molecule has 1 aromatic heterocycles. The molecule has 3 N–H and O–H groups in total. The predicted octanol–water partition coefficient (Wildman–Crippen LogP) is 3.29. The van der Waals surface area contributed by atoms with Gasteiger partial charge in [-0.15, -0.1) is 0 Å². The average Bonchev–Trinajstić information content (AvgIpc) is 2.36. The number of nitrogens with zero attached hydrogens (tertiary/aromatic N) is 1. The zero-order chi connectivity index (χ0) is 12.9. The summed E-state index contributed by atoms with van der Waals surface area (Å²) < 4.78 is 0. The Morgan fingerprint density at radius 1 is 1.16 bits per heavy atom. The average molecular weight is 257 g/mol. The molecule has 4 aliphatic carbocycles. The minimum atomic E-state index is 0.560. The lowest BCUT2D eigenvalue weighted by Gasteiger charge is -2.57. The Morgan fingerprint density at radius 3 is 2.37 bits per heavy atom. The zero-order valence-corrected chi connectivity index (χ0v) is 11.4. The van der Waals surface area contributed by atoms with Gasteiger partial charge in [0.05, 0.1) is 17.6 Å². The third-order valence-corrected chi connectivity index (χ3v) is 5.67. The maximum absolute atomic E-state index is 5.97. The lowest BCUT2D eigenvalue weighted by molar-refractivity contribution is -0.0444. The number of hydrogen-bond acceptors (Lipinski definition) is 3. The van der Waals surface area contributed by atoms with E-state index < -0.39 is 0 Å². The first-order valence-corrected chi connectivity index (χ1v) is 7.66. The summed E-state index contributed by atoms with van der Waals surface area (Å²) in [6.07, 6.45) is 12.4. The molecule has 4 aliphatic rings. The first-order valence-electron chi connectivity index (χ1n) is 7.66. The van der Waals surface area contributed by atoms with Crippen molar-refractivity contribution in [3.05, 3.63) is 18.5 Å². The highest BCUT2D eigenvalue weighted by atomic mass is 14.9. The Hall–Kier alpha value is -1.25. The molecule has 3 heteroatoms. The first-order chi connectivity index (χ1) is 9.22. The number of pyridine rings is 1. The largest absolute Gasteiger partial charge is 0.396 e. The predicted molar refractivity (Wildman–Crippen MR) is 77.7 cm³/mol. The summed E-state index contributed by atoms with van der Waals surface area (Å²) in [6.45, 7) is 1.10. The molecule has 4 saturated carbocycles. The fraction of sp³-hybridized carbons (Fsp3) is 0.688. The van der Waals surface area contributed by atoms with Crippen LogP contribution in [0.25, 0.3) is 0 Å². The Labute approximate surface area is 115 Å². The fourth-order valence-electron chi connectivity index (χ4n) is 5.36. The highest BCUT2D eigenvalue weighted by molar-refractivity contribution is 5.64. The van der Waals surface area contributed by atoms with Gasteiger partial charge in [0.15, 0.2) is 0 Å². The van der Waals surface area contributed by atoms with E-state index in [1.807, 2.05) is 12.3 Å². The Morgan fingerprint density at radius 2 is 1.79 bits per heavy atom. The van der Waals surface area contributed by atoms with Crippen molar-refractivity contribution in [2.24, 2.45) is 23.2 Å². The quantitative estimate of drug-likeness (QED) is 0.873. The van der Waals surface area contributed by atoms with Crippen molar-refractivity contribution in [1.29, 1.82) is 0 Å². The summed E-state index contributed by atoms with van der Waals surface area (Å²) >= 11 is 0. The van der Waals surface area contributed by atoms with E-state index in [0.717, 1.165) is 35.7 Å². The molecule has 0 aliphatic heterocycles. The van der Waals surface area contributed by atoms with E-state index in [4.69, 9.17) is 5.73 Å². The Kier molecular flexibility index (Phi) is 2.51. The normalized spacial score (nSPS) is 39.5. The van der Waals surface area contributed by atoms with Crippen molar-refractivity contribution in [3.63, 3.8) is 0 Å². The lowest BCUT2D eigenvalue weighted by Crippen LogP contribution is -2.49. The molecule has 0 aromatic carbocycles. The molecule has 4 bridgehead atoms. The molecule has 1 aromatic rings. The van der Waals surface area contributed by atoms with Crippen LogP contribution in [0.3, 0.4) is 0 Å². The van der Waals surface area contributed by atoms with Gasteiger partial charge in [-0.05, 0) is 67.8 Å². The van der Waals surface area contributed by atoms with Gasteiger partial charge in [0.1, 0.15) is 0 Å². The molecular weight excluding hydrogens is 234 g/mol. The molecule has 0 radical (unpaired) electrons. The van der Waals surface area contributed by atoms with Crippen molar-refractivity contribution in [2.75, 3.05) is 17.6 Å². The lowest BCUT2D eigenvalue weighted by atomic mass is 9.49. The van der Waals surface area contributed by atoms with Crippen molar-refractivity contribution in [1.82, 2.24) is 4.98 Å². The van der Waals surface area contributed by atoms with Crippen LogP contribution in [0.15, 0.2) is 18.5 Å². The summed E-state index contributed by atoms with van der Waals surface area (Å²) in [7, 11) is 0. The Balaban J connectivity index is 1.49. The summed E-state index contributed by atoms with van der Waals surface area (Å²) in [4.78, 5) is 4.05. The second-order valence-electron chi connectivity index (χ2n) is 7.23. The van der Waals surface area contributed by atoms with Gasteiger partial charge in [-0.1, -0.05) is 0 Å². The number of aromatic nitrogens is 1. The Bertz CT molecular complexity index is 447. The number of nitrogen functional groups attached to an aromatic ring is 1. The molecule has 0 atom stereocenters. The van der Waals surface area contributed by atoms with Gasteiger partial charge in [-0.25, -0.2) is 0 Å². The molecule has 5 rings (SSSR count). The SMILES string of the molecule is Nc1cnccc1NCC12CC3CC(CC(C3)C1)C2. The number of anilines is 2. The van der Waals surface area contributed by atoms with Crippen molar-refractivity contribution >= 4 is 11.4 Å². The summed E-state index contributed by atoms with van der Waals surface area (Å²) in [5.74, 6) is 3.05. The van der Waals surface area contributed by atoms with E-state index in [-0.39, 0.29) is 0 Å². The molecular formula is C16H23N3. The van der Waals surface area contributed by atoms with Crippen molar-refractivity contribution < 1.29 is 0 Å². The third kappa shape index (κ3) is 1.99. The molecule has 1 heterocycles. The maximum Gasteiger partial charge on any atom is 0.0736 e. The van der Waals surface area contributed by atoms with Gasteiger partial charge in [0, 0.05) is 12.7 Å². The highest BCUT2D eigenvalue weighted by Crippen LogP contribution is 2.59. The topological polar surface area (TPSA) is 50.9 Å². The van der Waals surface area contributed by atoms with Crippen LogP contribution in [0.1, 0.15) is 38.5 Å². The summed E-state index contributed by atoms with van der Waals surface area (Å²) in [5, 5.41) is 3.60. The molecule has 102 valence electrons. The second-order valence-corrected chi connectivity index (χ2v) is 7.23. The van der Waals surface area contributed by atoms with Crippen LogP contribution in [-0.4, -0.2) is 11.5 Å². The van der Waals surface area contributed by atoms with Gasteiger partial charge >= 0.3 is 0 Å². The number of nitrogens with two attached hydrogens (primary N) is 1. The maximum atomic E-state index is 5.97. The minimum absolute atomic E-state index is 0.560. The molecule has 0 amide bonds. The van der Waals surface area contributed by atoms with Gasteiger partial charge in [0.2, 0.25) is 0 Å². The highest BCUT2D eigenvalue weighted by Gasteiger charge is 2.50. The van der Waals surface area contributed by atoms with Crippen molar-refractivity contribution in [3.8, 4) is 0 Å². The third-order valence-electron chi connectivity index (χ3n) is 5.67. The number of nitrogens with one attached hydrogen (secondary N) is 1. The molecule has 0 unspecified atom stereocenters. The zero-order valence-electron chi connectivity index (χ0n) is 11.4. The van der Waals surface area contributed by atoms with E-state index in [1.54, 1.807) is 6.20 Å². The van der Waals surface area contributed by atoms with Gasteiger partial charge in [-0.3, -0.25) is 4.98 Å². The summed E-state index contributed by atoms with van der Waals surface area (Å²) in [5.41, 5.74) is 8.36. The summed E-state index contributed by atoms with van der Waals surface area (Å²) in [6, 6.07) is 2.00. The molecule has 4 fully saturated rings. The monoisotopic (exact) mass is 257 g/mol. The second kappa shape index (κ2) is 4.12. The van der Waals surface area contributed by atoms with Crippen LogP contribution >= 0.6 is 0 Å². The molecule has 3 nitrogen and oxygen atoms in total. The standard InChI is InChI=1S/C16H23N3/c17-14-9-18-2-1-15(14)19-10-16-6-11-3-12(7-16)5-13(4-11)8-16/h1-2,9,11-13H,3-8,10,17H2,(H,18,19). The van der Waals surface area contributed by atoms with Crippen LogP contribution in [0.2, 0.25) is 0 Å². The molecule has 0 spiro atoms. The van der Waals surface area contributed by atoms with Crippen LogP contribution < -0.4 is 11.1 Å². The van der Waals surface area contributed by atoms with Crippen LogP contribution in [0.5, 0.6) is 0 Å². The first kappa shape index (κ1) is 11.6. The van der Waals surface area contributed by atoms with E-state index >= 15 is 0 Å². The van der Waals surface area contributed by atoms with E-state index in [0.29, 0.717) is 5.41 Å². The number of rotatable bonds is 3. The van der Waals surface area contributed by atoms with Crippen molar-refractivity contribution in [2.45, 2.75) is 38.5 Å². The molecule has 19 heavy (non-hydrogen) atoms. The van der Waals surface area contributed by atoms with Gasteiger partial charge < -0.3 is 11.1 Å². The van der Waals surface area contributed by atoms with Crippen LogP contribution in [-0.2, 0) is 0 Å². The van der Waals surface area contributed by atoms with Gasteiger partial charge in [0.25, 0.3) is 0 Å². The number of hydrogen-bond donors (Lipinski definition) is 2. The van der Waals surface area contributed by atoms with E-state index in [9.17, 15) is 0 Å². The van der Waals surface area contributed by atoms with E-state index in [1.165, 1.54) is 38.5 Å². The minimum Gasteiger partial charge on any atom is -0.396 e. The van der Waals surface area contributed by atoms with Gasteiger partial charge in [-0.2, -0.15) is 0 Å². The van der Waals surface area contributed by atoms with Crippen LogP contribution in [0, 0.1) is 23.2 Å². The fourth-order valence-corrected chi connectivity index (χ4v) is 5.36. The van der Waals surface area contributed by atoms with Crippen LogP contribution in [0.4, 0.5) is 11.4 Å². The van der Waals surface area contributed by atoms with E-state index in [2.05, 4.69) is 10.3 Å². The molecule has 0 saturated heterocycles. The smallest absolute Gasteiger partial charge is 0.0736 e.